The van der Waals surface area contributed by atoms with Gasteiger partial charge in [-0.1, -0.05) is 5.92 Å². The van der Waals surface area contributed by atoms with Gasteiger partial charge >= 0.3 is 6.09 Å². The maximum atomic E-state index is 12.4. The first kappa shape index (κ1) is 19.6. The largest absolute Gasteiger partial charge is 0.444 e. The van der Waals surface area contributed by atoms with Gasteiger partial charge in [-0.15, -0.1) is 6.42 Å². The van der Waals surface area contributed by atoms with Crippen molar-refractivity contribution in [3.63, 3.8) is 0 Å². The van der Waals surface area contributed by atoms with Crippen LogP contribution in [0, 0.1) is 18.3 Å². The SMILES string of the molecule is C#CCN1CCC(C(=O)NC[C@H]2CCCN2C(=O)OC(C)(C)C)CC1. The maximum Gasteiger partial charge on any atom is 0.410 e. The molecular formula is C19H31N3O3. The fourth-order valence-corrected chi connectivity index (χ4v) is 3.45. The summed E-state index contributed by atoms with van der Waals surface area (Å²) in [4.78, 5) is 28.7. The molecule has 2 heterocycles. The van der Waals surface area contributed by atoms with E-state index in [9.17, 15) is 9.59 Å². The standard InChI is InChI=1S/C19H31N3O3/c1-5-10-21-12-8-15(9-13-21)17(23)20-14-16-7-6-11-22(16)18(24)25-19(2,3)4/h1,15-16H,6-14H2,2-4H3,(H,20,23)/t16-/m1/s1. The first-order valence-corrected chi connectivity index (χ1v) is 9.23. The van der Waals surface area contributed by atoms with Crippen molar-refractivity contribution in [3.8, 4) is 12.3 Å². The number of ether oxygens (including phenoxy) is 1. The van der Waals surface area contributed by atoms with E-state index in [1.165, 1.54) is 0 Å². The summed E-state index contributed by atoms with van der Waals surface area (Å²) in [6.07, 6.45) is 8.58. The highest BCUT2D eigenvalue weighted by molar-refractivity contribution is 5.79. The number of carbonyl (C=O) groups is 2. The second-order valence-corrected chi connectivity index (χ2v) is 7.97. The van der Waals surface area contributed by atoms with E-state index in [4.69, 9.17) is 11.2 Å². The molecule has 6 nitrogen and oxygen atoms in total. The van der Waals surface area contributed by atoms with Gasteiger partial charge in [-0.25, -0.2) is 4.79 Å². The summed E-state index contributed by atoms with van der Waals surface area (Å²) < 4.78 is 5.46. The highest BCUT2D eigenvalue weighted by Gasteiger charge is 2.33. The topological polar surface area (TPSA) is 61.9 Å². The Kier molecular flexibility index (Phi) is 6.71. The molecule has 1 N–H and O–H groups in total. The molecule has 0 saturated carbocycles. The van der Waals surface area contributed by atoms with Crippen LogP contribution in [0.2, 0.25) is 0 Å². The van der Waals surface area contributed by atoms with Crippen LogP contribution in [0.4, 0.5) is 4.79 Å². The molecule has 0 bridgehead atoms. The number of rotatable bonds is 4. The van der Waals surface area contributed by atoms with E-state index in [0.717, 1.165) is 38.8 Å². The molecule has 0 unspecified atom stereocenters. The zero-order chi connectivity index (χ0) is 18.4. The summed E-state index contributed by atoms with van der Waals surface area (Å²) >= 11 is 0. The van der Waals surface area contributed by atoms with Crippen molar-refractivity contribution in [1.29, 1.82) is 0 Å². The van der Waals surface area contributed by atoms with Gasteiger partial charge in [0.05, 0.1) is 12.6 Å². The Bertz CT molecular complexity index is 513. The van der Waals surface area contributed by atoms with Gasteiger partial charge in [0, 0.05) is 19.0 Å². The van der Waals surface area contributed by atoms with Crippen molar-refractivity contribution >= 4 is 12.0 Å². The minimum absolute atomic E-state index is 0.0281. The minimum Gasteiger partial charge on any atom is -0.444 e. The molecule has 140 valence electrons. The van der Waals surface area contributed by atoms with E-state index in [-0.39, 0.29) is 24.0 Å². The molecule has 2 aliphatic rings. The van der Waals surface area contributed by atoms with Crippen LogP contribution in [0.25, 0.3) is 0 Å². The lowest BCUT2D eigenvalue weighted by Gasteiger charge is -2.31. The summed E-state index contributed by atoms with van der Waals surface area (Å²) in [5, 5.41) is 3.04. The van der Waals surface area contributed by atoms with E-state index < -0.39 is 5.60 Å². The number of terminal acetylenes is 1. The number of carbonyl (C=O) groups excluding carboxylic acids is 2. The van der Waals surface area contributed by atoms with Crippen molar-refractivity contribution in [2.45, 2.75) is 58.1 Å². The van der Waals surface area contributed by atoms with Gasteiger partial charge in [0.25, 0.3) is 0 Å². The maximum absolute atomic E-state index is 12.4. The molecule has 0 radical (unpaired) electrons. The lowest BCUT2D eigenvalue weighted by Crippen LogP contribution is -2.47. The molecule has 0 aromatic rings. The molecule has 2 fully saturated rings. The highest BCUT2D eigenvalue weighted by Crippen LogP contribution is 2.21. The smallest absolute Gasteiger partial charge is 0.410 e. The monoisotopic (exact) mass is 349 g/mol. The van der Waals surface area contributed by atoms with Crippen LogP contribution in [0.15, 0.2) is 0 Å². The number of hydrogen-bond donors (Lipinski definition) is 1. The van der Waals surface area contributed by atoms with Gasteiger partial charge < -0.3 is 15.0 Å². The molecule has 2 aliphatic heterocycles. The molecule has 1 atom stereocenters. The molecule has 0 aromatic heterocycles. The molecule has 2 rings (SSSR count). The van der Waals surface area contributed by atoms with E-state index in [2.05, 4.69) is 16.1 Å². The summed E-state index contributed by atoms with van der Waals surface area (Å²) in [5.74, 6) is 2.79. The fourth-order valence-electron chi connectivity index (χ4n) is 3.45. The van der Waals surface area contributed by atoms with Gasteiger partial charge in [-0.3, -0.25) is 9.69 Å². The van der Waals surface area contributed by atoms with Gasteiger partial charge in [0.15, 0.2) is 0 Å². The molecule has 0 aromatic carbocycles. The number of nitrogens with zero attached hydrogens (tertiary/aromatic N) is 2. The lowest BCUT2D eigenvalue weighted by molar-refractivity contribution is -0.126. The van der Waals surface area contributed by atoms with Crippen molar-refractivity contribution in [2.75, 3.05) is 32.7 Å². The Morgan fingerprint density at radius 1 is 1.20 bits per heavy atom. The fraction of sp³-hybridized carbons (Fsp3) is 0.789. The predicted molar refractivity (Wildman–Crippen MR) is 97.0 cm³/mol. The first-order chi connectivity index (χ1) is 11.8. The Labute approximate surface area is 151 Å². The summed E-state index contributed by atoms with van der Waals surface area (Å²) in [5.41, 5.74) is -0.500. The Morgan fingerprint density at radius 2 is 1.88 bits per heavy atom. The zero-order valence-corrected chi connectivity index (χ0v) is 15.7. The van der Waals surface area contributed by atoms with Crippen LogP contribution < -0.4 is 5.32 Å². The molecule has 2 amide bonds. The predicted octanol–water partition coefficient (Wildman–Crippen LogP) is 1.85. The van der Waals surface area contributed by atoms with Crippen LogP contribution >= 0.6 is 0 Å². The summed E-state index contributed by atoms with van der Waals surface area (Å²) in [6.45, 7) is 9.19. The first-order valence-electron chi connectivity index (χ1n) is 9.23. The number of amides is 2. The molecule has 0 spiro atoms. The summed E-state index contributed by atoms with van der Waals surface area (Å²) in [7, 11) is 0. The average molecular weight is 349 g/mol. The second-order valence-electron chi connectivity index (χ2n) is 7.97. The third-order valence-corrected chi connectivity index (χ3v) is 4.79. The van der Waals surface area contributed by atoms with Crippen LogP contribution in [0.5, 0.6) is 0 Å². The normalized spacial score (nSPS) is 22.5. The van der Waals surface area contributed by atoms with E-state index in [1.807, 2.05) is 20.8 Å². The number of nitrogens with one attached hydrogen (secondary N) is 1. The van der Waals surface area contributed by atoms with Crippen LogP contribution in [-0.4, -0.2) is 66.2 Å². The molecule has 2 saturated heterocycles. The van der Waals surface area contributed by atoms with Crippen LogP contribution in [-0.2, 0) is 9.53 Å². The van der Waals surface area contributed by atoms with Gasteiger partial charge in [-0.05, 0) is 59.5 Å². The van der Waals surface area contributed by atoms with E-state index >= 15 is 0 Å². The molecule has 0 aliphatic carbocycles. The van der Waals surface area contributed by atoms with Gasteiger partial charge in [0.1, 0.15) is 5.60 Å². The van der Waals surface area contributed by atoms with Crippen LogP contribution in [0.3, 0.4) is 0 Å². The third kappa shape index (κ3) is 5.93. The number of hydrogen-bond acceptors (Lipinski definition) is 4. The highest BCUT2D eigenvalue weighted by atomic mass is 16.6. The Morgan fingerprint density at radius 3 is 2.48 bits per heavy atom. The van der Waals surface area contributed by atoms with Crippen molar-refractivity contribution in [1.82, 2.24) is 15.1 Å². The Hall–Kier alpha value is -1.74. The average Bonchev–Trinajstić information content (AvgIpc) is 3.01. The quantitative estimate of drug-likeness (QED) is 0.787. The van der Waals surface area contributed by atoms with Crippen molar-refractivity contribution in [2.24, 2.45) is 5.92 Å². The van der Waals surface area contributed by atoms with Crippen LogP contribution in [0.1, 0.15) is 46.5 Å². The van der Waals surface area contributed by atoms with E-state index in [1.54, 1.807) is 4.90 Å². The number of piperidine rings is 1. The van der Waals surface area contributed by atoms with E-state index in [0.29, 0.717) is 19.6 Å². The van der Waals surface area contributed by atoms with Gasteiger partial charge in [0.2, 0.25) is 5.91 Å². The van der Waals surface area contributed by atoms with Crippen molar-refractivity contribution in [3.05, 3.63) is 0 Å². The Balaban J connectivity index is 1.77. The zero-order valence-electron chi connectivity index (χ0n) is 15.7. The second kappa shape index (κ2) is 8.57. The third-order valence-electron chi connectivity index (χ3n) is 4.79. The van der Waals surface area contributed by atoms with Gasteiger partial charge in [-0.2, -0.15) is 0 Å². The lowest BCUT2D eigenvalue weighted by atomic mass is 9.96. The van der Waals surface area contributed by atoms with Crippen molar-refractivity contribution < 1.29 is 14.3 Å². The minimum atomic E-state index is -0.500. The number of likely N-dealkylation sites (tertiary alicyclic amines) is 2. The molecule has 6 heteroatoms. The summed E-state index contributed by atoms with van der Waals surface area (Å²) in [6, 6.07) is 0.0281. The molecule has 25 heavy (non-hydrogen) atoms. The molecular weight excluding hydrogens is 318 g/mol.